The first kappa shape index (κ1) is 12.9. The fourth-order valence-corrected chi connectivity index (χ4v) is 1.90. The van der Waals surface area contributed by atoms with Crippen molar-refractivity contribution in [3.05, 3.63) is 29.3 Å². The van der Waals surface area contributed by atoms with E-state index in [0.717, 1.165) is 18.6 Å². The van der Waals surface area contributed by atoms with E-state index in [-0.39, 0.29) is 11.9 Å². The van der Waals surface area contributed by atoms with E-state index >= 15 is 0 Å². The average molecular weight is 257 g/mol. The number of rotatable bonds is 2. The van der Waals surface area contributed by atoms with Gasteiger partial charge >= 0.3 is 6.18 Å². The Morgan fingerprint density at radius 3 is 2.67 bits per heavy atom. The summed E-state index contributed by atoms with van der Waals surface area (Å²) in [5.74, 6) is 0.280. The number of alkyl halides is 3. The van der Waals surface area contributed by atoms with Crippen molar-refractivity contribution in [1.82, 2.24) is 0 Å². The molecular weight excluding hydrogens is 243 g/mol. The predicted molar refractivity (Wildman–Crippen MR) is 63.2 cm³/mol. The van der Waals surface area contributed by atoms with Crippen LogP contribution in [0.5, 0.6) is 5.75 Å². The van der Waals surface area contributed by atoms with E-state index in [1.807, 2.05) is 0 Å². The second-order valence-electron chi connectivity index (χ2n) is 4.39. The molecule has 0 radical (unpaired) electrons. The van der Waals surface area contributed by atoms with E-state index in [4.69, 9.17) is 4.74 Å². The van der Waals surface area contributed by atoms with Crippen molar-refractivity contribution in [2.45, 2.75) is 32.0 Å². The molecule has 1 aromatic rings. The largest absolute Gasteiger partial charge is 0.490 e. The molecule has 0 fully saturated rings. The molecule has 2 rings (SSSR count). The SMILES string of the molecule is Cc1cc(OC2CC=NCC2)cc(C(F)(F)F)c1. The maximum Gasteiger partial charge on any atom is 0.416 e. The van der Waals surface area contributed by atoms with E-state index in [9.17, 15) is 13.2 Å². The van der Waals surface area contributed by atoms with E-state index in [0.29, 0.717) is 18.5 Å². The van der Waals surface area contributed by atoms with Gasteiger partial charge in [0.2, 0.25) is 0 Å². The molecule has 98 valence electrons. The number of nitrogens with zero attached hydrogens (tertiary/aromatic N) is 1. The third-order valence-electron chi connectivity index (χ3n) is 2.76. The van der Waals surface area contributed by atoms with Crippen LogP contribution in [0, 0.1) is 6.92 Å². The third kappa shape index (κ3) is 3.24. The predicted octanol–water partition coefficient (Wildman–Crippen LogP) is 3.63. The van der Waals surface area contributed by atoms with Crippen molar-refractivity contribution in [3.8, 4) is 5.75 Å². The monoisotopic (exact) mass is 257 g/mol. The molecule has 2 nitrogen and oxygen atoms in total. The fraction of sp³-hybridized carbons (Fsp3) is 0.462. The normalized spacial score (nSPS) is 19.9. The quantitative estimate of drug-likeness (QED) is 0.792. The Morgan fingerprint density at radius 2 is 2.06 bits per heavy atom. The minimum atomic E-state index is -4.34. The molecule has 0 N–H and O–H groups in total. The number of aliphatic imine (C=N–C) groups is 1. The van der Waals surface area contributed by atoms with Crippen LogP contribution in [0.1, 0.15) is 24.0 Å². The molecular formula is C13H14F3NO. The summed E-state index contributed by atoms with van der Waals surface area (Å²) in [6.45, 7) is 2.30. The van der Waals surface area contributed by atoms with Gasteiger partial charge in [0.1, 0.15) is 11.9 Å². The molecule has 1 heterocycles. The minimum Gasteiger partial charge on any atom is -0.490 e. The van der Waals surface area contributed by atoms with Gasteiger partial charge in [-0.1, -0.05) is 0 Å². The highest BCUT2D eigenvalue weighted by Gasteiger charge is 2.31. The van der Waals surface area contributed by atoms with Gasteiger partial charge in [-0.3, -0.25) is 4.99 Å². The molecule has 0 spiro atoms. The van der Waals surface area contributed by atoms with Gasteiger partial charge in [-0.15, -0.1) is 0 Å². The summed E-state index contributed by atoms with van der Waals surface area (Å²) in [4.78, 5) is 4.06. The van der Waals surface area contributed by atoms with Gasteiger partial charge in [0.05, 0.1) is 5.56 Å². The van der Waals surface area contributed by atoms with Crippen molar-refractivity contribution >= 4 is 6.21 Å². The van der Waals surface area contributed by atoms with Gasteiger partial charge in [0.15, 0.2) is 0 Å². The number of hydrogen-bond donors (Lipinski definition) is 0. The zero-order chi connectivity index (χ0) is 13.2. The summed E-state index contributed by atoms with van der Waals surface area (Å²) in [6, 6.07) is 3.80. The van der Waals surface area contributed by atoms with E-state index < -0.39 is 11.7 Å². The van der Waals surface area contributed by atoms with E-state index in [2.05, 4.69) is 4.99 Å². The van der Waals surface area contributed by atoms with E-state index in [1.165, 1.54) is 0 Å². The number of hydrogen-bond acceptors (Lipinski definition) is 2. The van der Waals surface area contributed by atoms with Crippen LogP contribution in [0.3, 0.4) is 0 Å². The van der Waals surface area contributed by atoms with Crippen molar-refractivity contribution < 1.29 is 17.9 Å². The van der Waals surface area contributed by atoms with Gasteiger partial charge in [0, 0.05) is 25.6 Å². The van der Waals surface area contributed by atoms with Crippen LogP contribution in [0.15, 0.2) is 23.2 Å². The Balaban J connectivity index is 2.17. The molecule has 0 aliphatic carbocycles. The van der Waals surface area contributed by atoms with Gasteiger partial charge < -0.3 is 4.74 Å². The lowest BCUT2D eigenvalue weighted by Crippen LogP contribution is -2.21. The Morgan fingerprint density at radius 1 is 1.28 bits per heavy atom. The van der Waals surface area contributed by atoms with E-state index in [1.54, 1.807) is 19.2 Å². The van der Waals surface area contributed by atoms with Crippen molar-refractivity contribution in [2.75, 3.05) is 6.54 Å². The Bertz CT molecular complexity index is 454. The third-order valence-corrected chi connectivity index (χ3v) is 2.76. The van der Waals surface area contributed by atoms with Gasteiger partial charge in [-0.25, -0.2) is 0 Å². The molecule has 18 heavy (non-hydrogen) atoms. The standard InChI is InChI=1S/C13H14F3NO/c1-9-6-10(13(14,15)16)8-12(7-9)18-11-2-4-17-5-3-11/h4,6-8,11H,2-3,5H2,1H3. The van der Waals surface area contributed by atoms with Gasteiger partial charge in [-0.05, 0) is 30.7 Å². The summed E-state index contributed by atoms with van der Waals surface area (Å²) >= 11 is 0. The maximum absolute atomic E-state index is 12.6. The number of halogens is 3. The first-order chi connectivity index (χ1) is 8.45. The first-order valence-electron chi connectivity index (χ1n) is 5.79. The zero-order valence-electron chi connectivity index (χ0n) is 10.00. The number of aryl methyl sites for hydroxylation is 1. The molecule has 5 heteroatoms. The Kier molecular flexibility index (Phi) is 3.59. The molecule has 0 saturated heterocycles. The summed E-state index contributed by atoms with van der Waals surface area (Å²) < 4.78 is 43.5. The van der Waals surface area contributed by atoms with Crippen LogP contribution in [-0.2, 0) is 6.18 Å². The molecule has 0 amide bonds. The molecule has 1 aliphatic heterocycles. The lowest BCUT2D eigenvalue weighted by Gasteiger charge is -2.20. The van der Waals surface area contributed by atoms with Crippen molar-refractivity contribution in [3.63, 3.8) is 0 Å². The second-order valence-corrected chi connectivity index (χ2v) is 4.39. The maximum atomic E-state index is 12.6. The van der Waals surface area contributed by atoms with Crippen LogP contribution in [-0.4, -0.2) is 18.9 Å². The van der Waals surface area contributed by atoms with Gasteiger partial charge in [-0.2, -0.15) is 13.2 Å². The smallest absolute Gasteiger partial charge is 0.416 e. The summed E-state index contributed by atoms with van der Waals surface area (Å²) in [7, 11) is 0. The summed E-state index contributed by atoms with van der Waals surface area (Å²) in [5.41, 5.74) is -0.119. The number of ether oxygens (including phenoxy) is 1. The molecule has 1 aromatic carbocycles. The van der Waals surface area contributed by atoms with Crippen LogP contribution in [0.4, 0.5) is 13.2 Å². The fourth-order valence-electron chi connectivity index (χ4n) is 1.90. The molecule has 0 aromatic heterocycles. The minimum absolute atomic E-state index is 0.0783. The molecule has 1 atom stereocenters. The molecule has 0 bridgehead atoms. The van der Waals surface area contributed by atoms with Crippen LogP contribution >= 0.6 is 0 Å². The van der Waals surface area contributed by atoms with Crippen LogP contribution in [0.2, 0.25) is 0 Å². The molecule has 1 aliphatic rings. The topological polar surface area (TPSA) is 21.6 Å². The summed E-state index contributed by atoms with van der Waals surface area (Å²) in [5, 5.41) is 0. The van der Waals surface area contributed by atoms with Gasteiger partial charge in [0.25, 0.3) is 0 Å². The highest BCUT2D eigenvalue weighted by molar-refractivity contribution is 5.58. The number of benzene rings is 1. The highest BCUT2D eigenvalue weighted by atomic mass is 19.4. The zero-order valence-corrected chi connectivity index (χ0v) is 10.00. The Hall–Kier alpha value is -1.52. The summed E-state index contributed by atoms with van der Waals surface area (Å²) in [6.07, 6.45) is -1.26. The first-order valence-corrected chi connectivity index (χ1v) is 5.79. The second kappa shape index (κ2) is 5.00. The Labute approximate surface area is 103 Å². The lowest BCUT2D eigenvalue weighted by atomic mass is 10.1. The van der Waals surface area contributed by atoms with Crippen LogP contribution in [0.25, 0.3) is 0 Å². The average Bonchev–Trinajstić information content (AvgIpc) is 2.28. The van der Waals surface area contributed by atoms with Crippen molar-refractivity contribution in [2.24, 2.45) is 4.99 Å². The molecule has 1 unspecified atom stereocenters. The van der Waals surface area contributed by atoms with Crippen molar-refractivity contribution in [1.29, 1.82) is 0 Å². The van der Waals surface area contributed by atoms with Crippen LogP contribution < -0.4 is 4.74 Å². The molecule has 0 saturated carbocycles. The highest BCUT2D eigenvalue weighted by Crippen LogP contribution is 2.33. The lowest BCUT2D eigenvalue weighted by molar-refractivity contribution is -0.137.